The lowest BCUT2D eigenvalue weighted by atomic mass is 10.1. The van der Waals surface area contributed by atoms with Gasteiger partial charge in [0.05, 0.1) is 31.4 Å². The number of halogens is 2. The minimum atomic E-state index is -0.280. The van der Waals surface area contributed by atoms with E-state index in [1.165, 1.54) is 21.3 Å². The third-order valence-electron chi connectivity index (χ3n) is 3.12. The van der Waals surface area contributed by atoms with E-state index in [2.05, 4.69) is 43.8 Å². The largest absolute Gasteiger partial charge is 0.493 e. The second kappa shape index (κ2) is 7.87. The molecule has 0 aromatic heterocycles. The predicted molar refractivity (Wildman–Crippen MR) is 101 cm³/mol. The topological polar surface area (TPSA) is 56.8 Å². The monoisotopic (exact) mass is 491 g/mol. The van der Waals surface area contributed by atoms with Crippen LogP contribution >= 0.6 is 38.5 Å². The number of nitrogens with one attached hydrogen (secondary N) is 1. The fraction of sp³-hybridized carbons (Fsp3) is 0.188. The first kappa shape index (κ1) is 17.9. The molecule has 2 rings (SSSR count). The molecular weight excluding hydrogens is 477 g/mol. The van der Waals surface area contributed by atoms with Gasteiger partial charge in [-0.2, -0.15) is 0 Å². The molecule has 0 aliphatic heterocycles. The summed E-state index contributed by atoms with van der Waals surface area (Å²) in [5.74, 6) is 0.963. The van der Waals surface area contributed by atoms with E-state index in [9.17, 15) is 4.79 Å². The molecule has 1 N–H and O–H groups in total. The number of anilines is 1. The molecule has 0 fully saturated rings. The lowest BCUT2D eigenvalue weighted by Gasteiger charge is -2.16. The molecule has 0 unspecified atom stereocenters. The summed E-state index contributed by atoms with van der Waals surface area (Å²) in [6.07, 6.45) is 0. The first-order valence-electron chi connectivity index (χ1n) is 6.57. The Morgan fingerprint density at radius 2 is 1.65 bits per heavy atom. The van der Waals surface area contributed by atoms with Gasteiger partial charge in [0.25, 0.3) is 5.91 Å². The van der Waals surface area contributed by atoms with E-state index >= 15 is 0 Å². The summed E-state index contributed by atoms with van der Waals surface area (Å²) in [5, 5.41) is 2.84. The van der Waals surface area contributed by atoms with E-state index in [-0.39, 0.29) is 5.91 Å². The summed E-state index contributed by atoms with van der Waals surface area (Å²) < 4.78 is 17.5. The SMILES string of the molecule is COc1cc(C(=O)Nc2ccc(I)cc2)c(Br)c(OC)c1OC. The Balaban J connectivity index is 2.41. The van der Waals surface area contributed by atoms with Crippen molar-refractivity contribution in [3.05, 3.63) is 43.9 Å². The van der Waals surface area contributed by atoms with Crippen LogP contribution in [0, 0.1) is 3.57 Å². The van der Waals surface area contributed by atoms with Crippen molar-refractivity contribution in [3.8, 4) is 17.2 Å². The number of ether oxygens (including phenoxy) is 3. The number of amides is 1. The Kier molecular flexibility index (Phi) is 6.11. The lowest BCUT2D eigenvalue weighted by Crippen LogP contribution is -2.13. The third-order valence-corrected chi connectivity index (χ3v) is 4.62. The number of hydrogen-bond acceptors (Lipinski definition) is 4. The molecule has 1 amide bonds. The molecule has 0 saturated carbocycles. The lowest BCUT2D eigenvalue weighted by molar-refractivity contribution is 0.102. The zero-order valence-corrected chi connectivity index (χ0v) is 16.5. The van der Waals surface area contributed by atoms with Gasteiger partial charge >= 0.3 is 0 Å². The van der Waals surface area contributed by atoms with Crippen molar-refractivity contribution < 1.29 is 19.0 Å². The third kappa shape index (κ3) is 3.89. The van der Waals surface area contributed by atoms with Gasteiger partial charge in [-0.15, -0.1) is 0 Å². The molecule has 2 aromatic carbocycles. The molecule has 0 heterocycles. The van der Waals surface area contributed by atoms with Gasteiger partial charge in [-0.25, -0.2) is 0 Å². The Morgan fingerprint density at radius 1 is 1.04 bits per heavy atom. The first-order chi connectivity index (χ1) is 11.0. The van der Waals surface area contributed by atoms with Gasteiger partial charge in [0.1, 0.15) is 0 Å². The molecule has 122 valence electrons. The number of carbonyl (C=O) groups is 1. The van der Waals surface area contributed by atoms with Crippen LogP contribution in [0.4, 0.5) is 5.69 Å². The second-order valence-corrected chi connectivity index (χ2v) is 6.51. The van der Waals surface area contributed by atoms with Gasteiger partial charge in [-0.1, -0.05) is 0 Å². The van der Waals surface area contributed by atoms with Crippen molar-refractivity contribution in [2.75, 3.05) is 26.6 Å². The summed E-state index contributed by atoms with van der Waals surface area (Å²) in [6.45, 7) is 0. The molecule has 0 aliphatic carbocycles. The highest BCUT2D eigenvalue weighted by Crippen LogP contribution is 2.44. The maximum atomic E-state index is 12.6. The number of methoxy groups -OCH3 is 3. The molecule has 7 heteroatoms. The minimum Gasteiger partial charge on any atom is -0.493 e. The summed E-state index contributed by atoms with van der Waals surface area (Å²) in [4.78, 5) is 12.6. The van der Waals surface area contributed by atoms with E-state index in [0.29, 0.717) is 33.0 Å². The molecule has 2 aromatic rings. The molecule has 23 heavy (non-hydrogen) atoms. The Hall–Kier alpha value is -1.48. The van der Waals surface area contributed by atoms with Gasteiger partial charge in [0, 0.05) is 9.26 Å². The van der Waals surface area contributed by atoms with Crippen molar-refractivity contribution in [1.29, 1.82) is 0 Å². The number of rotatable bonds is 5. The van der Waals surface area contributed by atoms with Crippen molar-refractivity contribution >= 4 is 50.1 Å². The predicted octanol–water partition coefficient (Wildman–Crippen LogP) is 4.33. The fourth-order valence-electron chi connectivity index (χ4n) is 2.02. The van der Waals surface area contributed by atoms with E-state index in [0.717, 1.165) is 3.57 Å². The van der Waals surface area contributed by atoms with E-state index in [1.807, 2.05) is 24.3 Å². The van der Waals surface area contributed by atoms with Crippen LogP contribution in [0.15, 0.2) is 34.8 Å². The zero-order chi connectivity index (χ0) is 17.0. The average Bonchev–Trinajstić information content (AvgIpc) is 2.56. The Morgan fingerprint density at radius 3 is 2.17 bits per heavy atom. The summed E-state index contributed by atoms with van der Waals surface area (Å²) in [7, 11) is 4.52. The number of hydrogen-bond donors (Lipinski definition) is 1. The van der Waals surface area contributed by atoms with Crippen LogP contribution in [0.1, 0.15) is 10.4 Å². The summed E-state index contributed by atoms with van der Waals surface area (Å²) in [5.41, 5.74) is 1.09. The van der Waals surface area contributed by atoms with E-state index in [1.54, 1.807) is 6.07 Å². The Bertz CT molecular complexity index is 719. The molecule has 5 nitrogen and oxygen atoms in total. The highest BCUT2D eigenvalue weighted by atomic mass is 127. The van der Waals surface area contributed by atoms with Gasteiger partial charge in [-0.05, 0) is 68.9 Å². The van der Waals surface area contributed by atoms with Crippen molar-refractivity contribution in [1.82, 2.24) is 0 Å². The Labute approximate surface area is 156 Å². The smallest absolute Gasteiger partial charge is 0.257 e. The second-order valence-electron chi connectivity index (χ2n) is 4.47. The van der Waals surface area contributed by atoms with Crippen LogP contribution in [0.3, 0.4) is 0 Å². The van der Waals surface area contributed by atoms with Crippen molar-refractivity contribution in [2.24, 2.45) is 0 Å². The van der Waals surface area contributed by atoms with Crippen molar-refractivity contribution in [2.45, 2.75) is 0 Å². The summed E-state index contributed by atoms with van der Waals surface area (Å²) >= 11 is 5.61. The fourth-order valence-corrected chi connectivity index (χ4v) is 3.01. The molecular formula is C16H15BrINO4. The highest BCUT2D eigenvalue weighted by Gasteiger charge is 2.22. The van der Waals surface area contributed by atoms with Crippen LogP contribution in [-0.2, 0) is 0 Å². The van der Waals surface area contributed by atoms with Crippen LogP contribution in [0.25, 0.3) is 0 Å². The van der Waals surface area contributed by atoms with Gasteiger partial charge in [0.15, 0.2) is 11.5 Å². The normalized spacial score (nSPS) is 10.1. The van der Waals surface area contributed by atoms with E-state index in [4.69, 9.17) is 14.2 Å². The van der Waals surface area contributed by atoms with Gasteiger partial charge in [0.2, 0.25) is 5.75 Å². The quantitative estimate of drug-likeness (QED) is 0.632. The van der Waals surface area contributed by atoms with E-state index < -0.39 is 0 Å². The minimum absolute atomic E-state index is 0.280. The molecule has 0 radical (unpaired) electrons. The standard InChI is InChI=1S/C16H15BrINO4/c1-21-12-8-11(13(17)15(23-3)14(12)22-2)16(20)19-10-6-4-9(18)5-7-10/h4-8H,1-3H3,(H,19,20). The van der Waals surface area contributed by atoms with Crippen LogP contribution in [0.5, 0.6) is 17.2 Å². The highest BCUT2D eigenvalue weighted by molar-refractivity contribution is 14.1. The van der Waals surface area contributed by atoms with Crippen molar-refractivity contribution in [3.63, 3.8) is 0 Å². The van der Waals surface area contributed by atoms with Crippen LogP contribution in [-0.4, -0.2) is 27.2 Å². The molecule has 0 bridgehead atoms. The molecule has 0 spiro atoms. The molecule has 0 aliphatic rings. The van der Waals surface area contributed by atoms with Crippen LogP contribution in [0.2, 0.25) is 0 Å². The van der Waals surface area contributed by atoms with Gasteiger partial charge in [-0.3, -0.25) is 4.79 Å². The average molecular weight is 492 g/mol. The summed E-state index contributed by atoms with van der Waals surface area (Å²) in [6, 6.07) is 9.12. The zero-order valence-electron chi connectivity index (χ0n) is 12.8. The van der Waals surface area contributed by atoms with Crippen LogP contribution < -0.4 is 19.5 Å². The maximum absolute atomic E-state index is 12.6. The first-order valence-corrected chi connectivity index (χ1v) is 8.44. The number of carbonyl (C=O) groups excluding carboxylic acids is 1. The molecule has 0 atom stereocenters. The number of benzene rings is 2. The molecule has 0 saturated heterocycles. The van der Waals surface area contributed by atoms with Gasteiger partial charge < -0.3 is 19.5 Å². The maximum Gasteiger partial charge on any atom is 0.257 e.